The van der Waals surface area contributed by atoms with Crippen molar-refractivity contribution in [3.63, 3.8) is 0 Å². The van der Waals surface area contributed by atoms with Crippen molar-refractivity contribution < 1.29 is 14.4 Å². The van der Waals surface area contributed by atoms with E-state index in [1.165, 1.54) is 12.0 Å². The molecule has 0 saturated carbocycles. The molecule has 1 aromatic carbocycles. The van der Waals surface area contributed by atoms with E-state index in [4.69, 9.17) is 9.57 Å². The molecular formula is C20H30N2O3. The van der Waals surface area contributed by atoms with Crippen molar-refractivity contribution in [2.75, 3.05) is 39.9 Å². The molecule has 0 N–H and O–H groups in total. The molecule has 25 heavy (non-hydrogen) atoms. The summed E-state index contributed by atoms with van der Waals surface area (Å²) in [7, 11) is 1.71. The Morgan fingerprint density at radius 1 is 1.32 bits per heavy atom. The monoisotopic (exact) mass is 346 g/mol. The predicted octanol–water partition coefficient (Wildman–Crippen LogP) is 2.89. The van der Waals surface area contributed by atoms with E-state index in [2.05, 4.69) is 17.0 Å². The molecular weight excluding hydrogens is 316 g/mol. The van der Waals surface area contributed by atoms with E-state index < -0.39 is 0 Å². The van der Waals surface area contributed by atoms with Crippen LogP contribution in [-0.2, 0) is 16.1 Å². The van der Waals surface area contributed by atoms with Gasteiger partial charge in [-0.05, 0) is 55.7 Å². The van der Waals surface area contributed by atoms with Crippen molar-refractivity contribution >= 4 is 5.91 Å². The van der Waals surface area contributed by atoms with Gasteiger partial charge in [-0.1, -0.05) is 12.1 Å². The second-order valence-electron chi connectivity index (χ2n) is 7.10. The lowest BCUT2D eigenvalue weighted by Gasteiger charge is -2.33. The molecule has 1 atom stereocenters. The Kier molecular flexibility index (Phi) is 6.70. The Labute approximate surface area is 150 Å². The number of piperidine rings is 1. The van der Waals surface area contributed by atoms with Crippen molar-refractivity contribution in [3.8, 4) is 5.75 Å². The van der Waals surface area contributed by atoms with Crippen LogP contribution in [0.4, 0.5) is 0 Å². The summed E-state index contributed by atoms with van der Waals surface area (Å²) >= 11 is 0. The number of methoxy groups -OCH3 is 1. The minimum absolute atomic E-state index is 0.279. The number of hydroxylamine groups is 2. The highest BCUT2D eigenvalue weighted by Crippen LogP contribution is 2.23. The van der Waals surface area contributed by atoms with Gasteiger partial charge in [-0.25, -0.2) is 0 Å². The smallest absolute Gasteiger partial charge is 0.223 e. The van der Waals surface area contributed by atoms with E-state index in [-0.39, 0.29) is 5.91 Å². The first-order chi connectivity index (χ1) is 12.2. The third-order valence-corrected chi connectivity index (χ3v) is 5.25. The third-order valence-electron chi connectivity index (χ3n) is 5.25. The average molecular weight is 346 g/mol. The zero-order valence-electron chi connectivity index (χ0n) is 15.3. The van der Waals surface area contributed by atoms with Crippen LogP contribution in [0.2, 0.25) is 0 Å². The fourth-order valence-corrected chi connectivity index (χ4v) is 3.78. The molecule has 5 heteroatoms. The van der Waals surface area contributed by atoms with Gasteiger partial charge in [0.15, 0.2) is 0 Å². The molecule has 3 rings (SSSR count). The van der Waals surface area contributed by atoms with Crippen LogP contribution < -0.4 is 4.74 Å². The quantitative estimate of drug-likeness (QED) is 0.761. The highest BCUT2D eigenvalue weighted by molar-refractivity contribution is 5.76. The van der Waals surface area contributed by atoms with E-state index in [9.17, 15) is 4.79 Å². The molecule has 0 spiro atoms. The molecule has 0 bridgehead atoms. The van der Waals surface area contributed by atoms with Gasteiger partial charge in [-0.15, -0.1) is 0 Å². The lowest BCUT2D eigenvalue weighted by Crippen LogP contribution is -2.41. The van der Waals surface area contributed by atoms with Crippen LogP contribution >= 0.6 is 0 Å². The molecule has 5 nitrogen and oxygen atoms in total. The van der Waals surface area contributed by atoms with Gasteiger partial charge in [-0.3, -0.25) is 9.63 Å². The maximum Gasteiger partial charge on any atom is 0.223 e. The van der Waals surface area contributed by atoms with Crippen molar-refractivity contribution in [1.82, 2.24) is 9.96 Å². The molecule has 2 heterocycles. The Morgan fingerprint density at radius 3 is 3.04 bits per heavy atom. The average Bonchev–Trinajstić information content (AvgIpc) is 3.18. The Bertz CT molecular complexity index is 558. The number of carbonyl (C=O) groups excluding carboxylic acids is 1. The first-order valence-electron chi connectivity index (χ1n) is 9.53. The Morgan fingerprint density at radius 2 is 2.24 bits per heavy atom. The number of benzene rings is 1. The van der Waals surface area contributed by atoms with Gasteiger partial charge in [0.2, 0.25) is 5.91 Å². The number of rotatable bonds is 7. The first-order valence-corrected chi connectivity index (χ1v) is 9.53. The van der Waals surface area contributed by atoms with Gasteiger partial charge < -0.3 is 9.64 Å². The molecule has 138 valence electrons. The van der Waals surface area contributed by atoms with Crippen molar-refractivity contribution in [2.45, 2.75) is 38.5 Å². The molecule has 2 fully saturated rings. The molecule has 1 unspecified atom stereocenters. The Balaban J connectivity index is 1.43. The van der Waals surface area contributed by atoms with Crippen molar-refractivity contribution in [1.29, 1.82) is 0 Å². The summed E-state index contributed by atoms with van der Waals surface area (Å²) in [5.74, 6) is 1.80. The molecule has 0 aromatic heterocycles. The summed E-state index contributed by atoms with van der Waals surface area (Å²) in [6.45, 7) is 4.30. The summed E-state index contributed by atoms with van der Waals surface area (Å²) in [5, 5.41) is 1.93. The summed E-state index contributed by atoms with van der Waals surface area (Å²) in [6, 6.07) is 8.30. The van der Waals surface area contributed by atoms with Crippen LogP contribution in [0.3, 0.4) is 0 Å². The van der Waals surface area contributed by atoms with Crippen LogP contribution in [0.25, 0.3) is 0 Å². The third kappa shape index (κ3) is 5.44. The topological polar surface area (TPSA) is 42.0 Å². The van der Waals surface area contributed by atoms with Gasteiger partial charge in [0, 0.05) is 32.6 Å². The van der Waals surface area contributed by atoms with Gasteiger partial charge in [0.05, 0.1) is 13.7 Å². The van der Waals surface area contributed by atoms with Crippen LogP contribution in [0.1, 0.15) is 37.7 Å². The molecule has 0 aliphatic carbocycles. The molecule has 2 aliphatic heterocycles. The summed E-state index contributed by atoms with van der Waals surface area (Å²) in [4.78, 5) is 20.0. The highest BCUT2D eigenvalue weighted by Gasteiger charge is 2.24. The number of carbonyl (C=O) groups is 1. The lowest BCUT2D eigenvalue weighted by molar-refractivity contribution is -0.140. The van der Waals surface area contributed by atoms with E-state index in [0.717, 1.165) is 64.2 Å². The number of likely N-dealkylation sites (tertiary alicyclic amines) is 1. The van der Waals surface area contributed by atoms with Crippen LogP contribution in [-0.4, -0.2) is 55.8 Å². The normalized spacial score (nSPS) is 21.5. The highest BCUT2D eigenvalue weighted by atomic mass is 16.7. The minimum atomic E-state index is 0.279. The largest absolute Gasteiger partial charge is 0.497 e. The standard InChI is InChI=1S/C20H30N2O3/c1-24-19-7-2-5-17(15-19)8-9-18-6-3-11-21(16-18)20(23)10-13-22-12-4-14-25-22/h2,5,7,15,18H,3-4,6,8-14,16H2,1H3. The molecule has 2 saturated heterocycles. The lowest BCUT2D eigenvalue weighted by atomic mass is 9.91. The van der Waals surface area contributed by atoms with Gasteiger partial charge in [-0.2, -0.15) is 5.06 Å². The van der Waals surface area contributed by atoms with E-state index in [1.54, 1.807) is 7.11 Å². The van der Waals surface area contributed by atoms with E-state index in [1.807, 2.05) is 17.2 Å². The van der Waals surface area contributed by atoms with E-state index >= 15 is 0 Å². The summed E-state index contributed by atoms with van der Waals surface area (Å²) < 4.78 is 5.30. The number of ether oxygens (including phenoxy) is 1. The zero-order valence-corrected chi connectivity index (χ0v) is 15.3. The Hall–Kier alpha value is -1.59. The summed E-state index contributed by atoms with van der Waals surface area (Å²) in [5.41, 5.74) is 1.31. The summed E-state index contributed by atoms with van der Waals surface area (Å²) in [6.07, 6.45) is 6.17. The van der Waals surface area contributed by atoms with Crippen LogP contribution in [0.15, 0.2) is 24.3 Å². The second kappa shape index (κ2) is 9.20. The number of hydrogen-bond acceptors (Lipinski definition) is 4. The predicted molar refractivity (Wildman–Crippen MR) is 97.4 cm³/mol. The van der Waals surface area contributed by atoms with Gasteiger partial charge in [0.25, 0.3) is 0 Å². The first kappa shape index (κ1) is 18.2. The second-order valence-corrected chi connectivity index (χ2v) is 7.10. The molecule has 2 aliphatic rings. The number of aryl methyl sites for hydroxylation is 1. The molecule has 1 aromatic rings. The molecule has 0 radical (unpaired) electrons. The number of nitrogens with zero attached hydrogens (tertiary/aromatic N) is 2. The van der Waals surface area contributed by atoms with Crippen molar-refractivity contribution in [3.05, 3.63) is 29.8 Å². The zero-order chi connectivity index (χ0) is 17.5. The van der Waals surface area contributed by atoms with Crippen LogP contribution in [0, 0.1) is 5.92 Å². The fraction of sp³-hybridized carbons (Fsp3) is 0.650. The fourth-order valence-electron chi connectivity index (χ4n) is 3.78. The van der Waals surface area contributed by atoms with Crippen LogP contribution in [0.5, 0.6) is 5.75 Å². The molecule has 1 amide bonds. The van der Waals surface area contributed by atoms with E-state index in [0.29, 0.717) is 12.3 Å². The maximum atomic E-state index is 12.5. The van der Waals surface area contributed by atoms with Gasteiger partial charge in [0.1, 0.15) is 5.75 Å². The van der Waals surface area contributed by atoms with Crippen molar-refractivity contribution in [2.24, 2.45) is 5.92 Å². The SMILES string of the molecule is COc1cccc(CCC2CCCN(C(=O)CCN3CCCO3)C2)c1. The number of hydrogen-bond donors (Lipinski definition) is 0. The number of amides is 1. The maximum absolute atomic E-state index is 12.5. The van der Waals surface area contributed by atoms with Gasteiger partial charge >= 0.3 is 0 Å². The minimum Gasteiger partial charge on any atom is -0.497 e.